The van der Waals surface area contributed by atoms with Gasteiger partial charge in [-0.2, -0.15) is 0 Å². The van der Waals surface area contributed by atoms with E-state index in [-0.39, 0.29) is 5.92 Å². The zero-order chi connectivity index (χ0) is 18.5. The molecule has 1 atom stereocenters. The Balaban J connectivity index is 3.94. The minimum Gasteiger partial charge on any atom is -0.375 e. The molecule has 0 rings (SSSR count). The van der Waals surface area contributed by atoms with E-state index in [2.05, 4.69) is 13.8 Å². The van der Waals surface area contributed by atoms with Crippen LogP contribution in [0.3, 0.4) is 0 Å². The van der Waals surface area contributed by atoms with Gasteiger partial charge in [0.05, 0.1) is 0 Å². The van der Waals surface area contributed by atoms with Gasteiger partial charge in [-0.3, -0.25) is 0 Å². The average Bonchev–Trinajstić information content (AvgIpc) is 2.58. The third kappa shape index (κ3) is 7.50. The molecule has 0 amide bonds. The van der Waals surface area contributed by atoms with Gasteiger partial charge in [0.1, 0.15) is 5.29 Å². The smallest absolute Gasteiger partial charge is 0.375 e. The number of hydrogen-bond acceptors (Lipinski definition) is 5. The highest BCUT2D eigenvalue weighted by Crippen LogP contribution is 2.27. The van der Waals surface area contributed by atoms with E-state index < -0.39 is 14.1 Å². The molecule has 0 aliphatic rings. The van der Waals surface area contributed by atoms with E-state index in [0.717, 1.165) is 12.8 Å². The Kier molecular flexibility index (Phi) is 13.3. The number of rotatable bonds is 16. The van der Waals surface area contributed by atoms with E-state index in [4.69, 9.17) is 24.7 Å². The van der Waals surface area contributed by atoms with Gasteiger partial charge < -0.3 is 24.7 Å². The molecular weight excluding hydrogens is 320 g/mol. The summed E-state index contributed by atoms with van der Waals surface area (Å²) in [5, 5.41) is -1.06. The Bertz CT molecular complexity index is 292. The molecule has 6 heteroatoms. The van der Waals surface area contributed by atoms with E-state index >= 15 is 0 Å². The standard InChI is InChI=1S/C18H42N2O3Si/c1-6-7-8-9-10-11-12-13-14-15-16-17(2)18(19,20)24(21-3,22-4)23-5/h17H,6-16,19-20H2,1-5H3. The zero-order valence-corrected chi connectivity index (χ0v) is 17.7. The summed E-state index contributed by atoms with van der Waals surface area (Å²) in [5.74, 6) is 0.0815. The Morgan fingerprint density at radius 2 is 1.12 bits per heavy atom. The van der Waals surface area contributed by atoms with E-state index in [1.807, 2.05) is 0 Å². The van der Waals surface area contributed by atoms with Crippen molar-refractivity contribution in [1.29, 1.82) is 0 Å². The second-order valence-corrected chi connectivity index (χ2v) is 10.2. The van der Waals surface area contributed by atoms with Gasteiger partial charge in [-0.05, 0) is 12.3 Å². The van der Waals surface area contributed by atoms with Crippen molar-refractivity contribution < 1.29 is 13.3 Å². The monoisotopic (exact) mass is 362 g/mol. The van der Waals surface area contributed by atoms with Gasteiger partial charge in [-0.25, -0.2) is 0 Å². The second-order valence-electron chi connectivity index (χ2n) is 6.97. The predicted octanol–water partition coefficient (Wildman–Crippen LogP) is 3.96. The molecule has 0 fully saturated rings. The summed E-state index contributed by atoms with van der Waals surface area (Å²) in [4.78, 5) is 0. The fourth-order valence-corrected chi connectivity index (χ4v) is 5.57. The van der Waals surface area contributed by atoms with Crippen molar-refractivity contribution in [3.05, 3.63) is 0 Å². The summed E-state index contributed by atoms with van der Waals surface area (Å²) < 4.78 is 16.4. The van der Waals surface area contributed by atoms with Crippen molar-refractivity contribution in [1.82, 2.24) is 0 Å². The van der Waals surface area contributed by atoms with Gasteiger partial charge in [0.15, 0.2) is 0 Å². The minimum atomic E-state index is -3.05. The largest absolute Gasteiger partial charge is 0.536 e. The number of unbranched alkanes of at least 4 members (excludes halogenated alkanes) is 9. The molecule has 0 aromatic rings. The topological polar surface area (TPSA) is 79.7 Å². The molecule has 0 saturated heterocycles. The van der Waals surface area contributed by atoms with Crippen LogP contribution in [-0.4, -0.2) is 35.4 Å². The third-order valence-electron chi connectivity index (χ3n) is 5.14. The van der Waals surface area contributed by atoms with E-state index in [1.54, 1.807) is 21.3 Å². The summed E-state index contributed by atoms with van der Waals surface area (Å²) in [6, 6.07) is 0. The van der Waals surface area contributed by atoms with Crippen molar-refractivity contribution in [3.8, 4) is 0 Å². The first-order valence-electron chi connectivity index (χ1n) is 9.65. The molecule has 0 saturated carbocycles. The first kappa shape index (κ1) is 24.0. The summed E-state index contributed by atoms with van der Waals surface area (Å²) >= 11 is 0. The molecular formula is C18H42N2O3Si. The van der Waals surface area contributed by atoms with Crippen molar-refractivity contribution in [2.45, 2.75) is 89.8 Å². The molecule has 24 heavy (non-hydrogen) atoms. The second kappa shape index (κ2) is 13.3. The molecule has 5 nitrogen and oxygen atoms in total. The summed E-state index contributed by atoms with van der Waals surface area (Å²) in [7, 11) is 1.62. The molecule has 0 aliphatic carbocycles. The van der Waals surface area contributed by atoms with Gasteiger partial charge in [-0.15, -0.1) is 0 Å². The fraction of sp³-hybridized carbons (Fsp3) is 1.00. The molecule has 146 valence electrons. The van der Waals surface area contributed by atoms with Crippen LogP contribution < -0.4 is 11.5 Å². The van der Waals surface area contributed by atoms with Crippen LogP contribution in [0.5, 0.6) is 0 Å². The number of nitrogens with two attached hydrogens (primary N) is 2. The molecule has 1 unspecified atom stereocenters. The molecule has 0 aromatic heterocycles. The van der Waals surface area contributed by atoms with Crippen molar-refractivity contribution in [3.63, 3.8) is 0 Å². The van der Waals surface area contributed by atoms with Crippen LogP contribution in [0.4, 0.5) is 0 Å². The Labute approximate surface area is 151 Å². The molecule has 0 bridgehead atoms. The molecule has 0 aromatic carbocycles. The van der Waals surface area contributed by atoms with Crippen LogP contribution >= 0.6 is 0 Å². The highest BCUT2D eigenvalue weighted by atomic mass is 28.4. The van der Waals surface area contributed by atoms with Crippen molar-refractivity contribution >= 4 is 8.80 Å². The van der Waals surface area contributed by atoms with Gasteiger partial charge in [0.2, 0.25) is 0 Å². The van der Waals surface area contributed by atoms with Gasteiger partial charge in [0.25, 0.3) is 0 Å². The van der Waals surface area contributed by atoms with Crippen LogP contribution in [0.15, 0.2) is 0 Å². The van der Waals surface area contributed by atoms with Crippen LogP contribution in [0.25, 0.3) is 0 Å². The summed E-state index contributed by atoms with van der Waals surface area (Å²) in [5.41, 5.74) is 12.7. The predicted molar refractivity (Wildman–Crippen MR) is 104 cm³/mol. The lowest BCUT2D eigenvalue weighted by Crippen LogP contribution is -2.76. The Hall–Kier alpha value is 0.0169. The average molecular weight is 363 g/mol. The molecule has 4 N–H and O–H groups in total. The highest BCUT2D eigenvalue weighted by Gasteiger charge is 2.58. The molecule has 0 spiro atoms. The van der Waals surface area contributed by atoms with Gasteiger partial charge in [0, 0.05) is 21.3 Å². The zero-order valence-electron chi connectivity index (χ0n) is 16.7. The maximum atomic E-state index is 6.36. The molecule has 0 aliphatic heterocycles. The van der Waals surface area contributed by atoms with E-state index in [0.29, 0.717) is 0 Å². The summed E-state index contributed by atoms with van der Waals surface area (Å²) in [6.07, 6.45) is 14.2. The normalized spacial score (nSPS) is 14.1. The van der Waals surface area contributed by atoms with Crippen molar-refractivity contribution in [2.75, 3.05) is 21.3 Å². The first-order chi connectivity index (χ1) is 11.4. The van der Waals surface area contributed by atoms with E-state index in [9.17, 15) is 0 Å². The molecule has 0 radical (unpaired) electrons. The van der Waals surface area contributed by atoms with Crippen LogP contribution in [0, 0.1) is 5.92 Å². The Morgan fingerprint density at radius 3 is 1.50 bits per heavy atom. The van der Waals surface area contributed by atoms with Crippen LogP contribution in [0.2, 0.25) is 0 Å². The van der Waals surface area contributed by atoms with Crippen molar-refractivity contribution in [2.24, 2.45) is 17.4 Å². The van der Waals surface area contributed by atoms with Crippen LogP contribution in [-0.2, 0) is 13.3 Å². The minimum absolute atomic E-state index is 0.0815. The maximum Gasteiger partial charge on any atom is 0.536 e. The van der Waals surface area contributed by atoms with Gasteiger partial charge >= 0.3 is 8.80 Å². The molecule has 0 heterocycles. The lowest BCUT2D eigenvalue weighted by Gasteiger charge is -2.41. The highest BCUT2D eigenvalue weighted by molar-refractivity contribution is 6.64. The third-order valence-corrected chi connectivity index (χ3v) is 8.31. The lowest BCUT2D eigenvalue weighted by atomic mass is 9.99. The quantitative estimate of drug-likeness (QED) is 0.247. The lowest BCUT2D eigenvalue weighted by molar-refractivity contribution is 0.0763. The maximum absolute atomic E-state index is 6.36. The van der Waals surface area contributed by atoms with E-state index in [1.165, 1.54) is 57.8 Å². The number of hydrogen-bond donors (Lipinski definition) is 2. The van der Waals surface area contributed by atoms with Gasteiger partial charge in [-0.1, -0.05) is 78.1 Å². The first-order valence-corrected chi connectivity index (χ1v) is 11.4. The fourth-order valence-electron chi connectivity index (χ4n) is 3.26. The SMILES string of the molecule is CCCCCCCCCCCCC(C)C(N)(N)[Si](OC)(OC)OC. The van der Waals surface area contributed by atoms with Crippen LogP contribution in [0.1, 0.15) is 84.5 Å². The summed E-state index contributed by atoms with van der Waals surface area (Å²) in [6.45, 7) is 4.32. The Morgan fingerprint density at radius 1 is 0.750 bits per heavy atom.